The van der Waals surface area contributed by atoms with Crippen molar-refractivity contribution in [2.24, 2.45) is 5.92 Å². The zero-order chi connectivity index (χ0) is 24.3. The zero-order valence-electron chi connectivity index (χ0n) is 19.4. The lowest BCUT2D eigenvalue weighted by atomic mass is 9.98. The molecule has 1 aliphatic heterocycles. The first-order valence-electron chi connectivity index (χ1n) is 11.4. The number of carbonyl (C=O) groups excluding carboxylic acids is 1. The van der Waals surface area contributed by atoms with Gasteiger partial charge in [0.25, 0.3) is 0 Å². The van der Waals surface area contributed by atoms with E-state index in [1.807, 2.05) is 48.9 Å². The van der Waals surface area contributed by atoms with Gasteiger partial charge in [-0.2, -0.15) is 9.40 Å². The summed E-state index contributed by atoms with van der Waals surface area (Å²) in [6.07, 6.45) is 1.21. The van der Waals surface area contributed by atoms with Gasteiger partial charge in [-0.3, -0.25) is 9.48 Å². The third-order valence-electron chi connectivity index (χ3n) is 6.35. The van der Waals surface area contributed by atoms with Gasteiger partial charge in [0.15, 0.2) is 0 Å². The van der Waals surface area contributed by atoms with Crippen LogP contribution in [-0.4, -0.2) is 41.5 Å². The molecule has 9 heteroatoms. The van der Waals surface area contributed by atoms with E-state index in [1.54, 1.807) is 0 Å². The van der Waals surface area contributed by atoms with Crippen molar-refractivity contribution < 1.29 is 17.6 Å². The first kappa shape index (κ1) is 24.1. The van der Waals surface area contributed by atoms with Crippen molar-refractivity contribution in [3.63, 3.8) is 0 Å². The number of benzene rings is 2. The Morgan fingerprint density at radius 3 is 2.53 bits per heavy atom. The molecule has 0 unspecified atom stereocenters. The first-order valence-corrected chi connectivity index (χ1v) is 12.8. The number of hydrogen-bond acceptors (Lipinski definition) is 4. The molecule has 2 heterocycles. The number of hydrogen-bond donors (Lipinski definition) is 1. The number of amides is 1. The Bertz CT molecular complexity index is 1260. The standard InChI is InChI=1S/C25H29FN4O3S/c1-18-24(19(2)30(28-18)16-20-7-4-3-5-8-20)15-27-25(31)21-9-6-14-29(17-21)34(32,33)23-12-10-22(26)11-13-23/h3-5,7-8,10-13,21H,6,9,14-17H2,1-2H3,(H,27,31)/t21-/m1/s1. The minimum atomic E-state index is -3.78. The van der Waals surface area contributed by atoms with Crippen LogP contribution in [0.1, 0.15) is 35.4 Å². The summed E-state index contributed by atoms with van der Waals surface area (Å²) in [7, 11) is -3.78. The van der Waals surface area contributed by atoms with E-state index in [2.05, 4.69) is 10.4 Å². The molecule has 0 aliphatic carbocycles. The largest absolute Gasteiger partial charge is 0.352 e. The van der Waals surface area contributed by atoms with E-state index >= 15 is 0 Å². The number of carbonyl (C=O) groups is 1. The fourth-order valence-corrected chi connectivity index (χ4v) is 5.87. The maximum Gasteiger partial charge on any atom is 0.243 e. The highest BCUT2D eigenvalue weighted by atomic mass is 32.2. The number of nitrogens with zero attached hydrogens (tertiary/aromatic N) is 3. The van der Waals surface area contributed by atoms with E-state index in [9.17, 15) is 17.6 Å². The minimum Gasteiger partial charge on any atom is -0.352 e. The highest BCUT2D eigenvalue weighted by molar-refractivity contribution is 7.89. The number of aromatic nitrogens is 2. The fraction of sp³-hybridized carbons (Fsp3) is 0.360. The van der Waals surface area contributed by atoms with Crippen LogP contribution in [0.25, 0.3) is 0 Å². The molecule has 1 atom stereocenters. The average Bonchev–Trinajstić information content (AvgIpc) is 3.10. The summed E-state index contributed by atoms with van der Waals surface area (Å²) in [5.74, 6) is -1.11. The molecule has 0 spiro atoms. The quantitative estimate of drug-likeness (QED) is 0.557. The Hall–Kier alpha value is -3.04. The van der Waals surface area contributed by atoms with Gasteiger partial charge in [0.1, 0.15) is 5.82 Å². The Kier molecular flexibility index (Phi) is 7.13. The fourth-order valence-electron chi connectivity index (χ4n) is 4.35. The predicted octanol–water partition coefficient (Wildman–Crippen LogP) is 3.40. The number of piperidine rings is 1. The smallest absolute Gasteiger partial charge is 0.243 e. The second kappa shape index (κ2) is 10.1. The lowest BCUT2D eigenvalue weighted by Gasteiger charge is -2.31. The van der Waals surface area contributed by atoms with Crippen LogP contribution < -0.4 is 5.32 Å². The molecule has 4 rings (SSSR count). The molecular weight excluding hydrogens is 455 g/mol. The molecule has 0 saturated carbocycles. The van der Waals surface area contributed by atoms with E-state index in [0.29, 0.717) is 32.5 Å². The molecule has 1 N–H and O–H groups in total. The molecule has 1 fully saturated rings. The van der Waals surface area contributed by atoms with Crippen molar-refractivity contribution in [1.29, 1.82) is 0 Å². The van der Waals surface area contributed by atoms with Gasteiger partial charge >= 0.3 is 0 Å². The minimum absolute atomic E-state index is 0.0343. The molecule has 0 bridgehead atoms. The van der Waals surface area contributed by atoms with Crippen LogP contribution in [0, 0.1) is 25.6 Å². The summed E-state index contributed by atoms with van der Waals surface area (Å²) in [4.78, 5) is 13.0. The molecule has 3 aromatic rings. The number of halogens is 1. The number of nitrogens with one attached hydrogen (secondary N) is 1. The van der Waals surface area contributed by atoms with Crippen molar-refractivity contribution in [2.45, 2.75) is 44.7 Å². The van der Waals surface area contributed by atoms with E-state index in [1.165, 1.54) is 16.4 Å². The molecular formula is C25H29FN4O3S. The Morgan fingerprint density at radius 2 is 1.82 bits per heavy atom. The third-order valence-corrected chi connectivity index (χ3v) is 8.23. The van der Waals surface area contributed by atoms with Crippen molar-refractivity contribution in [3.8, 4) is 0 Å². The van der Waals surface area contributed by atoms with Crippen LogP contribution in [0.2, 0.25) is 0 Å². The van der Waals surface area contributed by atoms with E-state index in [0.717, 1.165) is 34.6 Å². The third kappa shape index (κ3) is 5.20. The van der Waals surface area contributed by atoms with Crippen LogP contribution in [0.3, 0.4) is 0 Å². The zero-order valence-corrected chi connectivity index (χ0v) is 20.2. The van der Waals surface area contributed by atoms with Crippen LogP contribution in [-0.2, 0) is 27.9 Å². The van der Waals surface area contributed by atoms with Crippen LogP contribution >= 0.6 is 0 Å². The monoisotopic (exact) mass is 484 g/mol. The Morgan fingerprint density at radius 1 is 1.12 bits per heavy atom. The maximum atomic E-state index is 13.2. The van der Waals surface area contributed by atoms with Crippen LogP contribution in [0.4, 0.5) is 4.39 Å². The van der Waals surface area contributed by atoms with Gasteiger partial charge in [-0.25, -0.2) is 12.8 Å². The molecule has 0 radical (unpaired) electrons. The first-order chi connectivity index (χ1) is 16.3. The second-order valence-corrected chi connectivity index (χ2v) is 10.6. The molecule has 2 aromatic carbocycles. The van der Waals surface area contributed by atoms with Crippen molar-refractivity contribution in [2.75, 3.05) is 13.1 Å². The molecule has 1 aliphatic rings. The summed E-state index contributed by atoms with van der Waals surface area (Å²) >= 11 is 0. The van der Waals surface area contributed by atoms with Crippen LogP contribution in [0.5, 0.6) is 0 Å². The lowest BCUT2D eigenvalue weighted by Crippen LogP contribution is -2.45. The van der Waals surface area contributed by atoms with Crippen LogP contribution in [0.15, 0.2) is 59.5 Å². The summed E-state index contributed by atoms with van der Waals surface area (Å²) < 4.78 is 42.4. The maximum absolute atomic E-state index is 13.2. The molecule has 1 aromatic heterocycles. The van der Waals surface area contributed by atoms with Crippen molar-refractivity contribution in [3.05, 3.63) is 82.9 Å². The van der Waals surface area contributed by atoms with E-state index < -0.39 is 21.8 Å². The summed E-state index contributed by atoms with van der Waals surface area (Å²) in [5.41, 5.74) is 3.97. The molecule has 7 nitrogen and oxygen atoms in total. The Balaban J connectivity index is 1.40. The number of rotatable bonds is 7. The highest BCUT2D eigenvalue weighted by Gasteiger charge is 2.33. The van der Waals surface area contributed by atoms with Gasteiger partial charge in [0.2, 0.25) is 15.9 Å². The second-order valence-electron chi connectivity index (χ2n) is 8.67. The normalized spacial score (nSPS) is 17.0. The topological polar surface area (TPSA) is 84.3 Å². The van der Waals surface area contributed by atoms with Gasteiger partial charge in [-0.15, -0.1) is 0 Å². The van der Waals surface area contributed by atoms with Gasteiger partial charge in [-0.05, 0) is 56.5 Å². The molecule has 1 amide bonds. The summed E-state index contributed by atoms with van der Waals surface area (Å²) in [6, 6.07) is 14.8. The molecule has 34 heavy (non-hydrogen) atoms. The van der Waals surface area contributed by atoms with Gasteiger partial charge in [-0.1, -0.05) is 30.3 Å². The number of aryl methyl sites for hydroxylation is 1. The SMILES string of the molecule is Cc1nn(Cc2ccccc2)c(C)c1CNC(=O)[C@@H]1CCCN(S(=O)(=O)c2ccc(F)cc2)C1. The predicted molar refractivity (Wildman–Crippen MR) is 127 cm³/mol. The summed E-state index contributed by atoms with van der Waals surface area (Å²) in [6.45, 7) is 5.35. The van der Waals surface area contributed by atoms with E-state index in [-0.39, 0.29) is 17.3 Å². The number of sulfonamides is 1. The van der Waals surface area contributed by atoms with Crippen molar-refractivity contribution in [1.82, 2.24) is 19.4 Å². The van der Waals surface area contributed by atoms with Gasteiger partial charge in [0, 0.05) is 30.9 Å². The summed E-state index contributed by atoms with van der Waals surface area (Å²) in [5, 5.41) is 7.61. The highest BCUT2D eigenvalue weighted by Crippen LogP contribution is 2.24. The van der Waals surface area contributed by atoms with E-state index in [4.69, 9.17) is 0 Å². The average molecular weight is 485 g/mol. The van der Waals surface area contributed by atoms with Gasteiger partial charge in [0.05, 0.1) is 23.1 Å². The van der Waals surface area contributed by atoms with Crippen molar-refractivity contribution >= 4 is 15.9 Å². The molecule has 1 saturated heterocycles. The van der Waals surface area contributed by atoms with Gasteiger partial charge < -0.3 is 5.32 Å². The Labute approximate surface area is 199 Å². The molecule has 180 valence electrons. The lowest BCUT2D eigenvalue weighted by molar-refractivity contribution is -0.126.